The first-order valence-electron chi connectivity index (χ1n) is 11.6. The van der Waals surface area contributed by atoms with Crippen molar-refractivity contribution in [1.82, 2.24) is 20.1 Å². The Bertz CT molecular complexity index is 929. The molecule has 0 aliphatic carbocycles. The third-order valence-corrected chi connectivity index (χ3v) is 6.72. The summed E-state index contributed by atoms with van der Waals surface area (Å²) in [5, 5.41) is 6.02. The zero-order valence-electron chi connectivity index (χ0n) is 19.4. The Kier molecular flexibility index (Phi) is 7.44. The Morgan fingerprint density at radius 3 is 2.45 bits per heavy atom. The van der Waals surface area contributed by atoms with Gasteiger partial charge < -0.3 is 25.2 Å². The number of piperidine rings is 2. The molecule has 2 aliphatic heterocycles. The standard InChI is InChI=1S/C25H33N5O3/c1-29-13-10-18(11-14-29)24(31)30-15-12-23(28-25(32)27-19-6-4-3-5-7-19)21(17-30)22-9-8-20(33-2)16-26-22/h3-9,16,18,21,23H,10-15,17H2,1-2H3,(H2,27,28,32). The smallest absolute Gasteiger partial charge is 0.319 e. The molecule has 3 amide bonds. The first kappa shape index (κ1) is 23.0. The van der Waals surface area contributed by atoms with Gasteiger partial charge in [-0.25, -0.2) is 4.79 Å². The summed E-state index contributed by atoms with van der Waals surface area (Å²) < 4.78 is 5.25. The first-order valence-corrected chi connectivity index (χ1v) is 11.6. The zero-order valence-corrected chi connectivity index (χ0v) is 19.4. The quantitative estimate of drug-likeness (QED) is 0.730. The predicted octanol–water partition coefficient (Wildman–Crippen LogP) is 2.94. The highest BCUT2D eigenvalue weighted by atomic mass is 16.5. The lowest BCUT2D eigenvalue weighted by Gasteiger charge is -2.41. The normalized spacial score (nSPS) is 21.9. The minimum absolute atomic E-state index is 0.0802. The van der Waals surface area contributed by atoms with Crippen LogP contribution in [0.1, 0.15) is 30.9 Å². The van der Waals surface area contributed by atoms with Crippen LogP contribution in [-0.4, -0.2) is 73.1 Å². The number of ether oxygens (including phenoxy) is 1. The molecule has 2 saturated heterocycles. The second-order valence-corrected chi connectivity index (χ2v) is 8.95. The number of benzene rings is 1. The average Bonchev–Trinajstić information content (AvgIpc) is 2.85. The van der Waals surface area contributed by atoms with Crippen LogP contribution in [0.3, 0.4) is 0 Å². The van der Waals surface area contributed by atoms with Crippen LogP contribution >= 0.6 is 0 Å². The van der Waals surface area contributed by atoms with E-state index in [0.717, 1.165) is 37.3 Å². The number of anilines is 1. The van der Waals surface area contributed by atoms with E-state index < -0.39 is 0 Å². The number of aromatic nitrogens is 1. The lowest BCUT2D eigenvalue weighted by Crippen LogP contribution is -2.53. The molecule has 8 heteroatoms. The number of pyridine rings is 1. The van der Waals surface area contributed by atoms with Crippen molar-refractivity contribution < 1.29 is 14.3 Å². The summed E-state index contributed by atoms with van der Waals surface area (Å²) in [6, 6.07) is 12.8. The van der Waals surface area contributed by atoms with Crippen LogP contribution in [-0.2, 0) is 4.79 Å². The maximum absolute atomic E-state index is 13.3. The van der Waals surface area contributed by atoms with Gasteiger partial charge in [-0.2, -0.15) is 0 Å². The van der Waals surface area contributed by atoms with Crippen molar-refractivity contribution in [2.45, 2.75) is 31.2 Å². The summed E-state index contributed by atoms with van der Waals surface area (Å²) >= 11 is 0. The van der Waals surface area contributed by atoms with Gasteiger partial charge >= 0.3 is 6.03 Å². The predicted molar refractivity (Wildman–Crippen MR) is 127 cm³/mol. The van der Waals surface area contributed by atoms with Crippen LogP contribution in [0.15, 0.2) is 48.7 Å². The summed E-state index contributed by atoms with van der Waals surface area (Å²) in [7, 11) is 3.71. The molecule has 176 valence electrons. The second-order valence-electron chi connectivity index (χ2n) is 8.95. The van der Waals surface area contributed by atoms with E-state index >= 15 is 0 Å². The van der Waals surface area contributed by atoms with Gasteiger partial charge in [0.25, 0.3) is 0 Å². The van der Waals surface area contributed by atoms with Crippen LogP contribution in [0.4, 0.5) is 10.5 Å². The number of urea groups is 1. The molecule has 2 aromatic rings. The summed E-state index contributed by atoms with van der Waals surface area (Å²) in [5.41, 5.74) is 1.59. The van der Waals surface area contributed by atoms with Crippen molar-refractivity contribution >= 4 is 17.6 Å². The third kappa shape index (κ3) is 5.82. The number of methoxy groups -OCH3 is 1. The molecule has 2 fully saturated rings. The zero-order chi connectivity index (χ0) is 23.2. The minimum Gasteiger partial charge on any atom is -0.495 e. The van der Waals surface area contributed by atoms with Gasteiger partial charge in [-0.3, -0.25) is 9.78 Å². The maximum atomic E-state index is 13.3. The molecule has 33 heavy (non-hydrogen) atoms. The molecule has 2 N–H and O–H groups in total. The van der Waals surface area contributed by atoms with Crippen molar-refractivity contribution in [1.29, 1.82) is 0 Å². The second kappa shape index (κ2) is 10.7. The van der Waals surface area contributed by atoms with Crippen LogP contribution in [0.5, 0.6) is 5.75 Å². The molecule has 2 atom stereocenters. The first-order chi connectivity index (χ1) is 16.0. The number of rotatable bonds is 5. The van der Waals surface area contributed by atoms with Gasteiger partial charge in [0.15, 0.2) is 0 Å². The van der Waals surface area contributed by atoms with Crippen LogP contribution in [0.25, 0.3) is 0 Å². The summed E-state index contributed by atoms with van der Waals surface area (Å²) in [6.45, 7) is 3.09. The molecule has 0 saturated carbocycles. The number of nitrogens with one attached hydrogen (secondary N) is 2. The van der Waals surface area contributed by atoms with E-state index in [1.54, 1.807) is 13.3 Å². The number of amides is 3. The van der Waals surface area contributed by atoms with E-state index in [0.29, 0.717) is 25.3 Å². The number of likely N-dealkylation sites (tertiary alicyclic amines) is 2. The summed E-state index contributed by atoms with van der Waals surface area (Å²) in [5.74, 6) is 0.895. The fourth-order valence-electron chi connectivity index (χ4n) is 4.73. The van der Waals surface area contributed by atoms with E-state index in [-0.39, 0.29) is 29.8 Å². The van der Waals surface area contributed by atoms with Crippen molar-refractivity contribution in [2.75, 3.05) is 45.7 Å². The Morgan fingerprint density at radius 1 is 1.03 bits per heavy atom. The van der Waals surface area contributed by atoms with Crippen molar-refractivity contribution in [3.8, 4) is 5.75 Å². The van der Waals surface area contributed by atoms with E-state index in [4.69, 9.17) is 4.74 Å². The van der Waals surface area contributed by atoms with Gasteiger partial charge in [-0.1, -0.05) is 18.2 Å². The lowest BCUT2D eigenvalue weighted by molar-refractivity contribution is -0.138. The van der Waals surface area contributed by atoms with Gasteiger partial charge in [-0.05, 0) is 63.7 Å². The molecule has 8 nitrogen and oxygen atoms in total. The number of carbonyl (C=O) groups is 2. The maximum Gasteiger partial charge on any atom is 0.319 e. The van der Waals surface area contributed by atoms with Crippen LogP contribution < -0.4 is 15.4 Å². The molecule has 4 rings (SSSR count). The van der Waals surface area contributed by atoms with Crippen LogP contribution in [0.2, 0.25) is 0 Å². The van der Waals surface area contributed by atoms with Gasteiger partial charge in [-0.15, -0.1) is 0 Å². The topological polar surface area (TPSA) is 86.8 Å². The Morgan fingerprint density at radius 2 is 1.79 bits per heavy atom. The molecular formula is C25H33N5O3. The molecule has 1 aromatic heterocycles. The SMILES string of the molecule is COc1ccc(C2CN(C(=O)C3CCN(C)CC3)CCC2NC(=O)Nc2ccccc2)nc1. The molecule has 3 heterocycles. The van der Waals surface area contributed by atoms with Gasteiger partial charge in [0.2, 0.25) is 5.91 Å². The monoisotopic (exact) mass is 451 g/mol. The number of hydrogen-bond donors (Lipinski definition) is 2. The van der Waals surface area contributed by atoms with Gasteiger partial charge in [0.05, 0.1) is 13.3 Å². The van der Waals surface area contributed by atoms with E-state index in [2.05, 4.69) is 27.6 Å². The fraction of sp³-hybridized carbons (Fsp3) is 0.480. The minimum atomic E-state index is -0.250. The Hall–Kier alpha value is -3.13. The highest BCUT2D eigenvalue weighted by Gasteiger charge is 2.37. The number of carbonyl (C=O) groups excluding carboxylic acids is 2. The average molecular weight is 452 g/mol. The number of nitrogens with zero attached hydrogens (tertiary/aromatic N) is 3. The van der Waals surface area contributed by atoms with Gasteiger partial charge in [0, 0.05) is 42.3 Å². The van der Waals surface area contributed by atoms with Crippen molar-refractivity contribution in [3.05, 3.63) is 54.4 Å². The van der Waals surface area contributed by atoms with E-state index in [1.807, 2.05) is 47.4 Å². The fourth-order valence-corrected chi connectivity index (χ4v) is 4.73. The number of hydrogen-bond acceptors (Lipinski definition) is 5. The molecule has 2 unspecified atom stereocenters. The molecule has 0 radical (unpaired) electrons. The molecule has 1 aromatic carbocycles. The molecule has 0 bridgehead atoms. The molecular weight excluding hydrogens is 418 g/mol. The van der Waals surface area contributed by atoms with E-state index in [9.17, 15) is 9.59 Å². The van der Waals surface area contributed by atoms with Crippen molar-refractivity contribution in [3.63, 3.8) is 0 Å². The highest BCUT2D eigenvalue weighted by molar-refractivity contribution is 5.89. The molecule has 0 spiro atoms. The summed E-state index contributed by atoms with van der Waals surface area (Å²) in [4.78, 5) is 34.8. The Labute approximate surface area is 195 Å². The Balaban J connectivity index is 1.47. The summed E-state index contributed by atoms with van der Waals surface area (Å²) in [6.07, 6.45) is 4.17. The number of para-hydroxylation sites is 1. The van der Waals surface area contributed by atoms with Crippen LogP contribution in [0, 0.1) is 5.92 Å². The van der Waals surface area contributed by atoms with Crippen molar-refractivity contribution in [2.24, 2.45) is 5.92 Å². The third-order valence-electron chi connectivity index (χ3n) is 6.72. The van der Waals surface area contributed by atoms with E-state index in [1.165, 1.54) is 0 Å². The highest BCUT2D eigenvalue weighted by Crippen LogP contribution is 2.30. The van der Waals surface area contributed by atoms with Gasteiger partial charge in [0.1, 0.15) is 5.75 Å². The molecule has 2 aliphatic rings. The largest absolute Gasteiger partial charge is 0.495 e. The lowest BCUT2D eigenvalue weighted by atomic mass is 9.87.